The minimum absolute atomic E-state index is 0.257. The van der Waals surface area contributed by atoms with Crippen LogP contribution < -0.4 is 5.73 Å². The van der Waals surface area contributed by atoms with Crippen LogP contribution in [-0.4, -0.2) is 14.8 Å². The van der Waals surface area contributed by atoms with E-state index in [0.29, 0.717) is 16.9 Å². The van der Waals surface area contributed by atoms with Crippen molar-refractivity contribution in [2.45, 2.75) is 10.9 Å². The maximum Gasteiger partial charge on any atom is 0.222 e. The molecule has 90 valence electrons. The molecule has 2 N–H and O–H groups in total. The van der Waals surface area contributed by atoms with E-state index in [2.05, 4.69) is 26.1 Å². The zero-order chi connectivity index (χ0) is 12.4. The van der Waals surface area contributed by atoms with E-state index < -0.39 is 0 Å². The van der Waals surface area contributed by atoms with Crippen LogP contribution >= 0.6 is 27.7 Å². The molecule has 0 unspecified atom stereocenters. The highest BCUT2D eigenvalue weighted by Gasteiger charge is 2.07. The molecule has 0 aliphatic heterocycles. The molecule has 0 bridgehead atoms. The summed E-state index contributed by atoms with van der Waals surface area (Å²) >= 11 is 4.72. The Hall–Kier alpha value is -1.08. The van der Waals surface area contributed by atoms with Gasteiger partial charge in [-0.1, -0.05) is 27.7 Å². The van der Waals surface area contributed by atoms with E-state index in [0.717, 1.165) is 10.0 Å². The third-order valence-corrected chi connectivity index (χ3v) is 3.71. The lowest BCUT2D eigenvalue weighted by atomic mass is 10.2. The van der Waals surface area contributed by atoms with E-state index in [1.165, 1.54) is 23.9 Å². The summed E-state index contributed by atoms with van der Waals surface area (Å²) in [6.45, 7) is 0. The molecule has 0 spiro atoms. The first-order valence-corrected chi connectivity index (χ1v) is 6.57. The van der Waals surface area contributed by atoms with Crippen LogP contribution in [-0.2, 0) is 12.8 Å². The Balaban J connectivity index is 2.09. The van der Waals surface area contributed by atoms with Crippen molar-refractivity contribution < 1.29 is 4.39 Å². The lowest BCUT2D eigenvalue weighted by Gasteiger charge is -2.03. The smallest absolute Gasteiger partial charge is 0.222 e. The lowest BCUT2D eigenvalue weighted by Crippen LogP contribution is -1.98. The number of thioether (sulfide) groups is 1. The standard InChI is InChI=1S/C10H10BrFN4S/c1-16-9(13)14-15-10(16)17-5-6-2-7(11)4-8(12)3-6/h2-4H,5H2,1H3,(H2,13,14). The summed E-state index contributed by atoms with van der Waals surface area (Å²) in [5.41, 5.74) is 6.44. The van der Waals surface area contributed by atoms with E-state index in [1.54, 1.807) is 11.6 Å². The Morgan fingerprint density at radius 2 is 2.18 bits per heavy atom. The number of benzene rings is 1. The fourth-order valence-electron chi connectivity index (χ4n) is 1.29. The zero-order valence-electron chi connectivity index (χ0n) is 9.02. The molecule has 4 nitrogen and oxygen atoms in total. The number of aromatic nitrogens is 3. The first-order valence-electron chi connectivity index (χ1n) is 4.79. The van der Waals surface area contributed by atoms with Gasteiger partial charge in [-0.2, -0.15) is 0 Å². The van der Waals surface area contributed by atoms with Crippen LogP contribution in [0.3, 0.4) is 0 Å². The van der Waals surface area contributed by atoms with Crippen LogP contribution in [0.4, 0.5) is 10.3 Å². The summed E-state index contributed by atoms with van der Waals surface area (Å²) in [7, 11) is 1.79. The largest absolute Gasteiger partial charge is 0.368 e. The van der Waals surface area contributed by atoms with Gasteiger partial charge in [-0.05, 0) is 23.8 Å². The first-order chi connectivity index (χ1) is 8.06. The predicted octanol–water partition coefficient (Wildman–Crippen LogP) is 2.59. The predicted molar refractivity (Wildman–Crippen MR) is 69.1 cm³/mol. The molecule has 0 saturated carbocycles. The molecule has 1 aromatic carbocycles. The van der Waals surface area contributed by atoms with E-state index in [4.69, 9.17) is 5.73 Å². The van der Waals surface area contributed by atoms with Gasteiger partial charge in [-0.15, -0.1) is 10.2 Å². The Bertz CT molecular complexity index is 523. The summed E-state index contributed by atoms with van der Waals surface area (Å²) < 4.78 is 15.6. The second-order valence-corrected chi connectivity index (χ2v) is 5.32. The van der Waals surface area contributed by atoms with Crippen LogP contribution in [0, 0.1) is 5.82 Å². The molecule has 0 aliphatic rings. The molecule has 0 radical (unpaired) electrons. The quantitative estimate of drug-likeness (QED) is 0.884. The minimum atomic E-state index is -0.257. The number of nitrogen functional groups attached to an aromatic ring is 1. The molecule has 1 aromatic heterocycles. The van der Waals surface area contributed by atoms with Crippen molar-refractivity contribution in [2.75, 3.05) is 5.73 Å². The highest BCUT2D eigenvalue weighted by Crippen LogP contribution is 2.24. The monoisotopic (exact) mass is 316 g/mol. The Morgan fingerprint density at radius 1 is 1.41 bits per heavy atom. The Kier molecular flexibility index (Phi) is 3.68. The van der Waals surface area contributed by atoms with Crippen LogP contribution in [0.15, 0.2) is 27.8 Å². The van der Waals surface area contributed by atoms with E-state index >= 15 is 0 Å². The molecule has 0 fully saturated rings. The maximum absolute atomic E-state index is 13.1. The van der Waals surface area contributed by atoms with E-state index in [9.17, 15) is 4.39 Å². The van der Waals surface area contributed by atoms with E-state index in [1.807, 2.05) is 6.07 Å². The molecule has 17 heavy (non-hydrogen) atoms. The van der Waals surface area contributed by atoms with Gasteiger partial charge in [0.15, 0.2) is 5.16 Å². The van der Waals surface area contributed by atoms with Gasteiger partial charge in [0.1, 0.15) is 5.82 Å². The summed E-state index contributed by atoms with van der Waals surface area (Å²) in [5, 5.41) is 8.38. The van der Waals surface area contributed by atoms with Crippen LogP contribution in [0.1, 0.15) is 5.56 Å². The lowest BCUT2D eigenvalue weighted by molar-refractivity contribution is 0.625. The number of nitrogens with two attached hydrogens (primary N) is 1. The van der Waals surface area contributed by atoms with Gasteiger partial charge in [0.25, 0.3) is 0 Å². The third-order valence-electron chi connectivity index (χ3n) is 2.16. The topological polar surface area (TPSA) is 56.7 Å². The summed E-state index contributed by atoms with van der Waals surface area (Å²) in [5.74, 6) is 0.725. The number of halogens is 2. The number of nitrogens with zero attached hydrogens (tertiary/aromatic N) is 3. The first kappa shape index (κ1) is 12.4. The number of anilines is 1. The maximum atomic E-state index is 13.1. The Labute approximate surface area is 111 Å². The molecule has 0 atom stereocenters. The van der Waals surface area contributed by atoms with Crippen molar-refractivity contribution in [1.29, 1.82) is 0 Å². The summed E-state index contributed by atoms with van der Waals surface area (Å²) in [4.78, 5) is 0. The molecule has 0 saturated heterocycles. The summed E-state index contributed by atoms with van der Waals surface area (Å²) in [6, 6.07) is 4.79. The van der Waals surface area contributed by atoms with Crippen LogP contribution in [0.2, 0.25) is 0 Å². The number of hydrogen-bond acceptors (Lipinski definition) is 4. The average Bonchev–Trinajstić information content (AvgIpc) is 2.56. The normalized spacial score (nSPS) is 10.8. The van der Waals surface area contributed by atoms with Gasteiger partial charge in [0.2, 0.25) is 5.95 Å². The Morgan fingerprint density at radius 3 is 2.76 bits per heavy atom. The van der Waals surface area contributed by atoms with E-state index in [-0.39, 0.29) is 5.82 Å². The second-order valence-electron chi connectivity index (χ2n) is 3.47. The van der Waals surface area contributed by atoms with Gasteiger partial charge in [0.05, 0.1) is 0 Å². The minimum Gasteiger partial charge on any atom is -0.368 e. The van der Waals surface area contributed by atoms with Crippen molar-refractivity contribution in [3.63, 3.8) is 0 Å². The molecule has 0 aliphatic carbocycles. The molecule has 7 heteroatoms. The fourth-order valence-corrected chi connectivity index (χ4v) is 2.65. The fraction of sp³-hybridized carbons (Fsp3) is 0.200. The zero-order valence-corrected chi connectivity index (χ0v) is 11.4. The SMILES string of the molecule is Cn1c(N)nnc1SCc1cc(F)cc(Br)c1. The van der Waals surface area contributed by atoms with Crippen molar-refractivity contribution in [3.05, 3.63) is 34.1 Å². The highest BCUT2D eigenvalue weighted by molar-refractivity contribution is 9.10. The molecular formula is C10H10BrFN4S. The van der Waals surface area contributed by atoms with Gasteiger partial charge in [0, 0.05) is 17.3 Å². The van der Waals surface area contributed by atoms with Crippen molar-refractivity contribution in [2.24, 2.45) is 7.05 Å². The molecule has 0 amide bonds. The number of hydrogen-bond donors (Lipinski definition) is 1. The van der Waals surface area contributed by atoms with Crippen molar-refractivity contribution in [3.8, 4) is 0 Å². The average molecular weight is 317 g/mol. The summed E-state index contributed by atoms with van der Waals surface area (Å²) in [6.07, 6.45) is 0. The number of rotatable bonds is 3. The van der Waals surface area contributed by atoms with Crippen molar-refractivity contribution >= 4 is 33.6 Å². The molecular weight excluding hydrogens is 307 g/mol. The van der Waals surface area contributed by atoms with Gasteiger partial charge < -0.3 is 5.73 Å². The second kappa shape index (κ2) is 5.05. The van der Waals surface area contributed by atoms with Gasteiger partial charge in [-0.25, -0.2) is 4.39 Å². The van der Waals surface area contributed by atoms with Gasteiger partial charge >= 0.3 is 0 Å². The highest BCUT2D eigenvalue weighted by atomic mass is 79.9. The van der Waals surface area contributed by atoms with Crippen LogP contribution in [0.25, 0.3) is 0 Å². The molecule has 2 rings (SSSR count). The van der Waals surface area contributed by atoms with Gasteiger partial charge in [-0.3, -0.25) is 4.57 Å². The van der Waals surface area contributed by atoms with Crippen LogP contribution in [0.5, 0.6) is 0 Å². The third kappa shape index (κ3) is 2.98. The molecule has 1 heterocycles. The molecule has 2 aromatic rings. The van der Waals surface area contributed by atoms with Crippen molar-refractivity contribution in [1.82, 2.24) is 14.8 Å².